The molecule has 1 fully saturated rings. The molecule has 1 saturated heterocycles. The van der Waals surface area contributed by atoms with Crippen molar-refractivity contribution < 1.29 is 19.0 Å². The van der Waals surface area contributed by atoms with Crippen molar-refractivity contribution in [1.82, 2.24) is 10.2 Å². The minimum atomic E-state index is -0.537. The number of aromatic hydroxyl groups is 1. The van der Waals surface area contributed by atoms with Crippen molar-refractivity contribution in [2.24, 2.45) is 5.92 Å². The third-order valence-electron chi connectivity index (χ3n) is 3.74. The molecular formula is C15H21FN2O3. The summed E-state index contributed by atoms with van der Waals surface area (Å²) in [4.78, 5) is 14.2. The summed E-state index contributed by atoms with van der Waals surface area (Å²) in [6, 6.07) is 3.35. The summed E-state index contributed by atoms with van der Waals surface area (Å²) in [6.45, 7) is 4.04. The molecule has 1 aliphatic heterocycles. The monoisotopic (exact) mass is 296 g/mol. The quantitative estimate of drug-likeness (QED) is 0.829. The Balaban J connectivity index is 1.81. The molecule has 0 radical (unpaired) electrons. The topological polar surface area (TPSA) is 61.8 Å². The third-order valence-corrected chi connectivity index (χ3v) is 3.74. The van der Waals surface area contributed by atoms with Crippen LogP contribution in [0.15, 0.2) is 18.2 Å². The van der Waals surface area contributed by atoms with Crippen molar-refractivity contribution in [3.05, 3.63) is 29.6 Å². The molecule has 1 aromatic carbocycles. The van der Waals surface area contributed by atoms with Gasteiger partial charge in [0.2, 0.25) is 0 Å². The first-order valence-corrected chi connectivity index (χ1v) is 7.08. The molecule has 1 atom stereocenters. The number of amides is 1. The Morgan fingerprint density at radius 3 is 3.14 bits per heavy atom. The first kappa shape index (κ1) is 15.7. The zero-order valence-corrected chi connectivity index (χ0v) is 12.1. The van der Waals surface area contributed by atoms with E-state index in [4.69, 9.17) is 4.74 Å². The number of ether oxygens (including phenoxy) is 1. The van der Waals surface area contributed by atoms with Crippen LogP contribution in [0.2, 0.25) is 0 Å². The van der Waals surface area contributed by atoms with Gasteiger partial charge in [0, 0.05) is 26.7 Å². The van der Waals surface area contributed by atoms with Gasteiger partial charge in [0.1, 0.15) is 11.6 Å². The molecule has 0 saturated carbocycles. The maximum absolute atomic E-state index is 13.1. The minimum Gasteiger partial charge on any atom is -0.507 e. The summed E-state index contributed by atoms with van der Waals surface area (Å²) in [5.41, 5.74) is -0.0239. The molecule has 0 bridgehead atoms. The molecule has 0 spiro atoms. The molecule has 1 heterocycles. The third kappa shape index (κ3) is 4.41. The van der Waals surface area contributed by atoms with Crippen LogP contribution in [0.1, 0.15) is 16.8 Å². The van der Waals surface area contributed by atoms with Gasteiger partial charge >= 0.3 is 0 Å². The summed E-state index contributed by atoms with van der Waals surface area (Å²) in [6.07, 6.45) is 1.01. The lowest BCUT2D eigenvalue weighted by Crippen LogP contribution is -2.31. The highest BCUT2D eigenvalue weighted by atomic mass is 19.1. The van der Waals surface area contributed by atoms with E-state index in [0.29, 0.717) is 19.1 Å². The van der Waals surface area contributed by atoms with E-state index < -0.39 is 11.7 Å². The zero-order chi connectivity index (χ0) is 15.2. The van der Waals surface area contributed by atoms with Gasteiger partial charge < -0.3 is 20.1 Å². The number of nitrogens with one attached hydrogen (secondary N) is 1. The Labute approximate surface area is 123 Å². The predicted molar refractivity (Wildman–Crippen MR) is 76.8 cm³/mol. The van der Waals surface area contributed by atoms with Gasteiger partial charge in [-0.15, -0.1) is 0 Å². The maximum atomic E-state index is 13.1. The Hall–Kier alpha value is -1.66. The smallest absolute Gasteiger partial charge is 0.255 e. The van der Waals surface area contributed by atoms with E-state index in [1.807, 2.05) is 0 Å². The number of rotatable bonds is 6. The van der Waals surface area contributed by atoms with Crippen molar-refractivity contribution in [2.75, 3.05) is 39.9 Å². The molecule has 0 aliphatic carbocycles. The fourth-order valence-corrected chi connectivity index (χ4v) is 2.53. The number of carbonyl (C=O) groups is 1. The van der Waals surface area contributed by atoms with Gasteiger partial charge in [0.15, 0.2) is 0 Å². The van der Waals surface area contributed by atoms with Crippen LogP contribution < -0.4 is 5.32 Å². The lowest BCUT2D eigenvalue weighted by atomic mass is 10.1. The van der Waals surface area contributed by atoms with Crippen molar-refractivity contribution in [3.8, 4) is 5.75 Å². The van der Waals surface area contributed by atoms with Crippen LogP contribution in [0.25, 0.3) is 0 Å². The summed E-state index contributed by atoms with van der Waals surface area (Å²) in [5, 5.41) is 12.3. The molecular weight excluding hydrogens is 275 g/mol. The van der Waals surface area contributed by atoms with Gasteiger partial charge in [-0.3, -0.25) is 4.79 Å². The van der Waals surface area contributed by atoms with Gasteiger partial charge in [0.25, 0.3) is 5.91 Å². The summed E-state index contributed by atoms with van der Waals surface area (Å²) >= 11 is 0. The van der Waals surface area contributed by atoms with Crippen molar-refractivity contribution in [3.63, 3.8) is 0 Å². The zero-order valence-electron chi connectivity index (χ0n) is 12.1. The molecule has 1 aromatic rings. The number of benzene rings is 1. The van der Waals surface area contributed by atoms with Gasteiger partial charge in [0.05, 0.1) is 12.2 Å². The highest BCUT2D eigenvalue weighted by Gasteiger charge is 2.23. The largest absolute Gasteiger partial charge is 0.507 e. The second-order valence-corrected chi connectivity index (χ2v) is 5.32. The summed E-state index contributed by atoms with van der Waals surface area (Å²) < 4.78 is 18.2. The van der Waals surface area contributed by atoms with E-state index in [1.165, 1.54) is 6.07 Å². The number of carbonyl (C=O) groups excluding carboxylic acids is 1. The number of nitrogens with zero attached hydrogens (tertiary/aromatic N) is 1. The van der Waals surface area contributed by atoms with Crippen LogP contribution in [0, 0.1) is 11.7 Å². The highest BCUT2D eigenvalue weighted by Crippen LogP contribution is 2.19. The molecule has 5 nitrogen and oxygen atoms in total. The second-order valence-electron chi connectivity index (χ2n) is 5.32. The molecule has 2 N–H and O–H groups in total. The van der Waals surface area contributed by atoms with Crippen LogP contribution in [0.5, 0.6) is 5.75 Å². The Morgan fingerprint density at radius 1 is 1.57 bits per heavy atom. The van der Waals surface area contributed by atoms with E-state index in [0.717, 1.165) is 38.2 Å². The molecule has 1 aliphatic rings. The normalized spacial score (nSPS) is 18.9. The number of likely N-dealkylation sites (tertiary alicyclic amines) is 1. The fourth-order valence-electron chi connectivity index (χ4n) is 2.53. The number of phenols is 1. The fraction of sp³-hybridized carbons (Fsp3) is 0.533. The average molecular weight is 296 g/mol. The van der Waals surface area contributed by atoms with E-state index in [2.05, 4.69) is 10.2 Å². The lowest BCUT2D eigenvalue weighted by Gasteiger charge is -2.15. The van der Waals surface area contributed by atoms with Gasteiger partial charge in [-0.25, -0.2) is 4.39 Å². The molecule has 1 unspecified atom stereocenters. The van der Waals surface area contributed by atoms with E-state index in [-0.39, 0.29) is 11.3 Å². The second kappa shape index (κ2) is 7.38. The first-order valence-electron chi connectivity index (χ1n) is 7.08. The molecule has 6 heteroatoms. The molecule has 0 aromatic heterocycles. The molecule has 1 amide bonds. The van der Waals surface area contributed by atoms with E-state index in [9.17, 15) is 14.3 Å². The Morgan fingerprint density at radius 2 is 2.38 bits per heavy atom. The van der Waals surface area contributed by atoms with E-state index >= 15 is 0 Å². The van der Waals surface area contributed by atoms with Gasteiger partial charge in [-0.2, -0.15) is 0 Å². The van der Waals surface area contributed by atoms with Gasteiger partial charge in [-0.1, -0.05) is 0 Å². The SMILES string of the molecule is COCCN1CCC(CNC(=O)c2cc(F)ccc2O)C1. The average Bonchev–Trinajstić information content (AvgIpc) is 2.93. The maximum Gasteiger partial charge on any atom is 0.255 e. The lowest BCUT2D eigenvalue weighted by molar-refractivity contribution is 0.0943. The highest BCUT2D eigenvalue weighted by molar-refractivity contribution is 5.96. The summed E-state index contributed by atoms with van der Waals surface area (Å²) in [7, 11) is 1.68. The summed E-state index contributed by atoms with van der Waals surface area (Å²) in [5.74, 6) is -0.810. The molecule has 21 heavy (non-hydrogen) atoms. The van der Waals surface area contributed by atoms with Crippen LogP contribution in [-0.2, 0) is 4.74 Å². The van der Waals surface area contributed by atoms with E-state index in [1.54, 1.807) is 7.11 Å². The number of methoxy groups -OCH3 is 1. The van der Waals surface area contributed by atoms with Crippen LogP contribution in [0.3, 0.4) is 0 Å². The van der Waals surface area contributed by atoms with Crippen molar-refractivity contribution in [1.29, 1.82) is 0 Å². The Kier molecular flexibility index (Phi) is 5.52. The number of phenolic OH excluding ortho intramolecular Hbond substituents is 1. The molecule has 2 rings (SSSR count). The predicted octanol–water partition coefficient (Wildman–Crippen LogP) is 1.23. The van der Waals surface area contributed by atoms with Crippen LogP contribution in [-0.4, -0.2) is 55.8 Å². The first-order chi connectivity index (χ1) is 10.1. The number of hydrogen-bond acceptors (Lipinski definition) is 4. The van der Waals surface area contributed by atoms with Gasteiger partial charge in [-0.05, 0) is 37.1 Å². The minimum absolute atomic E-state index is 0.0239. The van der Waals surface area contributed by atoms with Crippen molar-refractivity contribution >= 4 is 5.91 Å². The standard InChI is InChI=1S/C15H21FN2O3/c1-21-7-6-18-5-4-11(10-18)9-17-15(20)13-8-12(16)2-3-14(13)19/h2-3,8,11,19H,4-7,9-10H2,1H3,(H,17,20). The Bertz CT molecular complexity index is 496. The van der Waals surface area contributed by atoms with Crippen LogP contribution in [0.4, 0.5) is 4.39 Å². The van der Waals surface area contributed by atoms with Crippen molar-refractivity contribution in [2.45, 2.75) is 6.42 Å². The van der Waals surface area contributed by atoms with Crippen LogP contribution >= 0.6 is 0 Å². The number of hydrogen-bond donors (Lipinski definition) is 2. The number of halogens is 1. The molecule has 116 valence electrons.